The number of hydrogen-bond donors (Lipinski definition) is 0. The molecular formula is C19H21ClN4O5S2. The second-order valence-corrected chi connectivity index (χ2v) is 9.99. The maximum Gasteiger partial charge on any atom is 0.270 e. The van der Waals surface area contributed by atoms with Crippen LogP contribution < -0.4 is 4.90 Å². The molecule has 0 spiro atoms. The zero-order valence-corrected chi connectivity index (χ0v) is 19.5. The van der Waals surface area contributed by atoms with Gasteiger partial charge in [0.2, 0.25) is 0 Å². The van der Waals surface area contributed by atoms with Crippen LogP contribution in [0.1, 0.15) is 10.4 Å². The van der Waals surface area contributed by atoms with Gasteiger partial charge in [0.25, 0.3) is 11.6 Å². The van der Waals surface area contributed by atoms with Gasteiger partial charge in [-0.2, -0.15) is 0 Å². The van der Waals surface area contributed by atoms with Crippen LogP contribution in [0.15, 0.2) is 47.4 Å². The first-order valence-electron chi connectivity index (χ1n) is 8.88. The van der Waals surface area contributed by atoms with Gasteiger partial charge in [-0.25, -0.2) is 13.4 Å². The fourth-order valence-corrected chi connectivity index (χ4v) is 4.42. The molecule has 0 aliphatic heterocycles. The molecule has 1 amide bonds. The summed E-state index contributed by atoms with van der Waals surface area (Å²) in [6.07, 6.45) is 1.08. The van der Waals surface area contributed by atoms with E-state index in [0.29, 0.717) is 28.4 Å². The van der Waals surface area contributed by atoms with Crippen LogP contribution in [0.4, 0.5) is 10.8 Å². The monoisotopic (exact) mass is 484 g/mol. The molecule has 31 heavy (non-hydrogen) atoms. The molecule has 1 heterocycles. The highest BCUT2D eigenvalue weighted by molar-refractivity contribution is 7.90. The Morgan fingerprint density at radius 3 is 2.48 bits per heavy atom. The van der Waals surface area contributed by atoms with Crippen molar-refractivity contribution in [2.75, 3.05) is 38.3 Å². The Kier molecular flexibility index (Phi) is 7.71. The molecule has 0 bridgehead atoms. The number of hydrogen-bond acceptors (Lipinski definition) is 8. The third-order valence-electron chi connectivity index (χ3n) is 4.33. The summed E-state index contributed by atoms with van der Waals surface area (Å²) in [7, 11) is 0.275. The number of fused-ring (bicyclic) bond motifs is 1. The largest absolute Gasteiger partial charge is 0.308 e. The first-order chi connectivity index (χ1) is 14.1. The van der Waals surface area contributed by atoms with Gasteiger partial charge in [0.1, 0.15) is 0 Å². The number of nitrogens with zero attached hydrogens (tertiary/aromatic N) is 4. The number of non-ortho nitro benzene ring substituents is 1. The van der Waals surface area contributed by atoms with Crippen LogP contribution in [-0.4, -0.2) is 62.6 Å². The average molecular weight is 485 g/mol. The Morgan fingerprint density at radius 2 is 1.87 bits per heavy atom. The molecule has 0 aliphatic rings. The van der Waals surface area contributed by atoms with Gasteiger partial charge < -0.3 is 4.90 Å². The number of halogens is 1. The molecule has 0 saturated heterocycles. The summed E-state index contributed by atoms with van der Waals surface area (Å²) in [6.45, 7) is 0.866. The minimum absolute atomic E-state index is 0. The molecule has 3 rings (SSSR count). The topological polar surface area (TPSA) is 114 Å². The maximum atomic E-state index is 13.3. The summed E-state index contributed by atoms with van der Waals surface area (Å²) < 4.78 is 24.3. The molecule has 0 atom stereocenters. The molecule has 3 aromatic rings. The van der Waals surface area contributed by atoms with Crippen molar-refractivity contribution >= 4 is 60.5 Å². The highest BCUT2D eigenvalue weighted by Crippen LogP contribution is 2.32. The number of sulfone groups is 1. The van der Waals surface area contributed by atoms with Crippen molar-refractivity contribution in [1.82, 2.24) is 9.88 Å². The van der Waals surface area contributed by atoms with Gasteiger partial charge in [-0.1, -0.05) is 17.4 Å². The lowest BCUT2D eigenvalue weighted by Gasteiger charge is -2.22. The summed E-state index contributed by atoms with van der Waals surface area (Å²) in [6, 6.07) is 10.2. The molecule has 0 aliphatic carbocycles. The Hall–Kier alpha value is -2.60. The van der Waals surface area contributed by atoms with Gasteiger partial charge in [-0.3, -0.25) is 19.8 Å². The molecule has 9 nitrogen and oxygen atoms in total. The normalized spacial score (nSPS) is 11.4. The van der Waals surface area contributed by atoms with Crippen LogP contribution in [0.2, 0.25) is 0 Å². The summed E-state index contributed by atoms with van der Waals surface area (Å²) in [4.78, 5) is 31.7. The number of nitro groups is 1. The Labute approximate surface area is 189 Å². The van der Waals surface area contributed by atoms with E-state index in [4.69, 9.17) is 0 Å². The second-order valence-electron chi connectivity index (χ2n) is 6.97. The number of anilines is 1. The molecule has 2 aromatic carbocycles. The zero-order chi connectivity index (χ0) is 22.1. The van der Waals surface area contributed by atoms with Gasteiger partial charge in [0.15, 0.2) is 15.0 Å². The summed E-state index contributed by atoms with van der Waals surface area (Å²) in [5, 5.41) is 11.4. The predicted molar refractivity (Wildman–Crippen MR) is 123 cm³/mol. The number of carbonyl (C=O) groups excluding carboxylic acids is 1. The lowest BCUT2D eigenvalue weighted by Crippen LogP contribution is -2.36. The molecule has 0 saturated carbocycles. The number of benzene rings is 2. The van der Waals surface area contributed by atoms with Gasteiger partial charge in [0, 0.05) is 37.0 Å². The summed E-state index contributed by atoms with van der Waals surface area (Å²) in [5.41, 5.74) is 0.722. The molecule has 0 N–H and O–H groups in total. The third kappa shape index (κ3) is 5.76. The fraction of sp³-hybridized carbons (Fsp3) is 0.263. The molecular weight excluding hydrogens is 464 g/mol. The van der Waals surface area contributed by atoms with Crippen LogP contribution in [0.25, 0.3) is 10.2 Å². The summed E-state index contributed by atoms with van der Waals surface area (Å²) in [5.74, 6) is -0.393. The number of rotatable bonds is 7. The maximum absolute atomic E-state index is 13.3. The molecule has 0 radical (unpaired) electrons. The second kappa shape index (κ2) is 9.69. The van der Waals surface area contributed by atoms with E-state index in [1.807, 2.05) is 19.0 Å². The quantitative estimate of drug-likeness (QED) is 0.373. The van der Waals surface area contributed by atoms with E-state index in [-0.39, 0.29) is 28.6 Å². The van der Waals surface area contributed by atoms with E-state index in [9.17, 15) is 23.3 Å². The minimum atomic E-state index is -3.46. The van der Waals surface area contributed by atoms with Crippen LogP contribution in [0.3, 0.4) is 0 Å². The van der Waals surface area contributed by atoms with Gasteiger partial charge in [0.05, 0.1) is 20.0 Å². The van der Waals surface area contributed by atoms with Crippen LogP contribution in [-0.2, 0) is 9.84 Å². The van der Waals surface area contributed by atoms with Gasteiger partial charge in [-0.15, -0.1) is 12.4 Å². The van der Waals surface area contributed by atoms with Crippen molar-refractivity contribution in [3.8, 4) is 0 Å². The number of aromatic nitrogens is 1. The smallest absolute Gasteiger partial charge is 0.270 e. The average Bonchev–Trinajstić information content (AvgIpc) is 3.10. The number of thiazole rings is 1. The lowest BCUT2D eigenvalue weighted by molar-refractivity contribution is -0.384. The van der Waals surface area contributed by atoms with E-state index < -0.39 is 20.7 Å². The van der Waals surface area contributed by atoms with E-state index in [0.717, 1.165) is 6.26 Å². The first kappa shape index (κ1) is 24.7. The highest BCUT2D eigenvalue weighted by Gasteiger charge is 2.23. The lowest BCUT2D eigenvalue weighted by atomic mass is 10.2. The Morgan fingerprint density at radius 1 is 1.16 bits per heavy atom. The van der Waals surface area contributed by atoms with Crippen molar-refractivity contribution in [1.29, 1.82) is 0 Å². The third-order valence-corrected chi connectivity index (χ3v) is 6.48. The van der Waals surface area contributed by atoms with Gasteiger partial charge >= 0.3 is 0 Å². The van der Waals surface area contributed by atoms with Crippen LogP contribution in [0.5, 0.6) is 0 Å². The molecule has 0 fully saturated rings. The van der Waals surface area contributed by atoms with E-state index in [2.05, 4.69) is 4.98 Å². The molecule has 1 aromatic heterocycles. The van der Waals surface area contributed by atoms with Crippen molar-refractivity contribution in [3.05, 3.63) is 58.1 Å². The van der Waals surface area contributed by atoms with E-state index in [1.54, 1.807) is 12.1 Å². The molecule has 166 valence electrons. The van der Waals surface area contributed by atoms with E-state index in [1.165, 1.54) is 46.6 Å². The van der Waals surface area contributed by atoms with Gasteiger partial charge in [-0.05, 0) is 38.4 Å². The SMILES string of the molecule is CN(C)CCN(C(=O)c1cccc(S(C)(=O)=O)c1)c1nc2ccc([N+](=O)[O-])cc2s1.Cl. The predicted octanol–water partition coefficient (Wildman–Crippen LogP) is 3.24. The zero-order valence-electron chi connectivity index (χ0n) is 17.0. The van der Waals surface area contributed by atoms with Crippen molar-refractivity contribution in [2.24, 2.45) is 0 Å². The van der Waals surface area contributed by atoms with Crippen molar-refractivity contribution in [2.45, 2.75) is 4.90 Å². The number of likely N-dealkylation sites (N-methyl/N-ethyl adjacent to an activating group) is 1. The van der Waals surface area contributed by atoms with Crippen molar-refractivity contribution < 1.29 is 18.1 Å². The van der Waals surface area contributed by atoms with Crippen molar-refractivity contribution in [3.63, 3.8) is 0 Å². The number of amides is 1. The Bertz CT molecular complexity index is 1230. The first-order valence-corrected chi connectivity index (χ1v) is 11.6. The number of carbonyl (C=O) groups is 1. The fourth-order valence-electron chi connectivity index (χ4n) is 2.73. The summed E-state index contributed by atoms with van der Waals surface area (Å²) >= 11 is 1.17. The number of nitro benzene ring substituents is 1. The Balaban J connectivity index is 0.00000341. The van der Waals surface area contributed by atoms with Crippen LogP contribution >= 0.6 is 23.7 Å². The van der Waals surface area contributed by atoms with E-state index >= 15 is 0 Å². The highest BCUT2D eigenvalue weighted by atomic mass is 35.5. The van der Waals surface area contributed by atoms with Crippen LogP contribution in [0, 0.1) is 10.1 Å². The molecule has 0 unspecified atom stereocenters. The standard InChI is InChI=1S/C19H20N4O5S2.ClH/c1-21(2)9-10-22(18(24)13-5-4-6-15(11-13)30(3,27)28)19-20-16-8-7-14(23(25)26)12-17(16)29-19;/h4-8,11-12H,9-10H2,1-3H3;1H. The minimum Gasteiger partial charge on any atom is -0.308 e. The molecule has 12 heteroatoms.